The molecule has 4 rings (SSSR count). The summed E-state index contributed by atoms with van der Waals surface area (Å²) in [5.74, 6) is 3.63. The van der Waals surface area contributed by atoms with Crippen molar-refractivity contribution in [3.05, 3.63) is 57.6 Å². The molecule has 0 aromatic heterocycles. The van der Waals surface area contributed by atoms with Gasteiger partial charge in [0.05, 0.1) is 38.6 Å². The quantitative estimate of drug-likeness (QED) is 0.226. The average molecular weight is 537 g/mol. The maximum absolute atomic E-state index is 6.49. The monoisotopic (exact) mass is 536 g/mol. The Labute approximate surface area is 237 Å². The van der Waals surface area contributed by atoms with Crippen molar-refractivity contribution in [2.45, 2.75) is 123 Å². The Morgan fingerprint density at radius 2 is 0.897 bits per heavy atom. The Bertz CT molecular complexity index is 974. The van der Waals surface area contributed by atoms with Gasteiger partial charge in [-0.1, -0.05) is 93.5 Å². The molecule has 2 atom stereocenters. The molecule has 2 aromatic carbocycles. The van der Waals surface area contributed by atoms with Gasteiger partial charge in [-0.05, 0) is 57.1 Å². The molecule has 2 aromatic rings. The fourth-order valence-corrected chi connectivity index (χ4v) is 5.34. The Morgan fingerprint density at radius 1 is 0.615 bits per heavy atom. The number of ether oxygens (including phenoxy) is 4. The lowest BCUT2D eigenvalue weighted by atomic mass is 9.73. The van der Waals surface area contributed by atoms with Crippen molar-refractivity contribution >= 4 is 0 Å². The predicted molar refractivity (Wildman–Crippen MR) is 161 cm³/mol. The molecule has 2 unspecified atom stereocenters. The van der Waals surface area contributed by atoms with Crippen molar-refractivity contribution < 1.29 is 18.9 Å². The second-order valence-electron chi connectivity index (χ2n) is 13.4. The van der Waals surface area contributed by atoms with Gasteiger partial charge in [0, 0.05) is 18.3 Å². The zero-order chi connectivity index (χ0) is 28.5. The minimum atomic E-state index is -0.179. The first-order chi connectivity index (χ1) is 18.4. The van der Waals surface area contributed by atoms with Crippen LogP contribution >= 0.6 is 0 Å². The van der Waals surface area contributed by atoms with E-state index in [9.17, 15) is 0 Å². The largest absolute Gasteiger partial charge is 0.493 e. The fraction of sp³-hybridized carbons (Fsp3) is 0.657. The molecule has 0 saturated carbocycles. The maximum Gasteiger partial charge on any atom is 0.126 e. The van der Waals surface area contributed by atoms with Crippen molar-refractivity contribution in [1.29, 1.82) is 0 Å². The summed E-state index contributed by atoms with van der Waals surface area (Å²) in [6, 6.07) is 9.63. The number of hydrogen-bond donors (Lipinski definition) is 0. The zero-order valence-electron chi connectivity index (χ0n) is 26.1. The predicted octanol–water partition coefficient (Wildman–Crippen LogP) is 8.84. The van der Waals surface area contributed by atoms with Gasteiger partial charge in [0.1, 0.15) is 11.5 Å². The van der Waals surface area contributed by atoms with E-state index in [0.29, 0.717) is 49.1 Å². The zero-order valence-corrected chi connectivity index (χ0v) is 26.1. The summed E-state index contributed by atoms with van der Waals surface area (Å²) in [5, 5.41) is 0. The van der Waals surface area contributed by atoms with Gasteiger partial charge in [-0.15, -0.1) is 0 Å². The van der Waals surface area contributed by atoms with Crippen LogP contribution in [0.5, 0.6) is 11.5 Å². The van der Waals surface area contributed by atoms with Crippen molar-refractivity contribution in [3.8, 4) is 11.5 Å². The molecular weight excluding hydrogens is 484 g/mol. The molecule has 2 fully saturated rings. The molecule has 0 bridgehead atoms. The highest BCUT2D eigenvalue weighted by Gasteiger charge is 2.31. The third-order valence-corrected chi connectivity index (χ3v) is 8.40. The number of epoxide rings is 2. The molecule has 0 spiro atoms. The van der Waals surface area contributed by atoms with Crippen LogP contribution in [-0.4, -0.2) is 38.6 Å². The van der Waals surface area contributed by atoms with Crippen LogP contribution in [0.2, 0.25) is 0 Å². The molecule has 0 amide bonds. The lowest BCUT2D eigenvalue weighted by molar-refractivity contribution is 0.277. The third-order valence-electron chi connectivity index (χ3n) is 8.40. The highest BCUT2D eigenvalue weighted by molar-refractivity contribution is 5.55. The summed E-state index contributed by atoms with van der Waals surface area (Å²) in [5.41, 5.74) is 7.72. The maximum atomic E-state index is 6.49. The molecule has 4 nitrogen and oxygen atoms in total. The van der Waals surface area contributed by atoms with E-state index in [-0.39, 0.29) is 5.41 Å². The topological polar surface area (TPSA) is 43.5 Å². The van der Waals surface area contributed by atoms with E-state index >= 15 is 0 Å². The third kappa shape index (κ3) is 7.19. The summed E-state index contributed by atoms with van der Waals surface area (Å²) in [6.45, 7) is 26.1. The summed E-state index contributed by atoms with van der Waals surface area (Å²) in [6.07, 6.45) is 2.68. The van der Waals surface area contributed by atoms with Gasteiger partial charge < -0.3 is 18.9 Å². The van der Waals surface area contributed by atoms with Crippen LogP contribution in [0.15, 0.2) is 24.3 Å². The summed E-state index contributed by atoms with van der Waals surface area (Å²) < 4.78 is 23.8. The first-order valence-electron chi connectivity index (χ1n) is 15.3. The molecular formula is C35H52O4. The Morgan fingerprint density at radius 3 is 1.13 bits per heavy atom. The van der Waals surface area contributed by atoms with Crippen LogP contribution in [0.3, 0.4) is 0 Å². The lowest BCUT2D eigenvalue weighted by Gasteiger charge is -2.32. The van der Waals surface area contributed by atoms with Crippen molar-refractivity contribution in [3.63, 3.8) is 0 Å². The summed E-state index contributed by atoms with van der Waals surface area (Å²) in [7, 11) is 0. The van der Waals surface area contributed by atoms with Gasteiger partial charge in [0.15, 0.2) is 0 Å². The molecule has 4 heteroatoms. The molecule has 2 aliphatic heterocycles. The van der Waals surface area contributed by atoms with E-state index in [1.165, 1.54) is 33.4 Å². The molecule has 0 N–H and O–H groups in total. The van der Waals surface area contributed by atoms with Crippen LogP contribution in [0.25, 0.3) is 0 Å². The normalized spacial score (nSPS) is 18.9. The molecule has 2 aliphatic rings. The molecule has 2 saturated heterocycles. The standard InChI is InChI=1S/C35H52O4/c1-21(2)29-15-25(16-30(22(3)4)33(29)36-13-11-27-19-38-27)35(9,10)26-17-31(23(5)6)34(32(18-26)24(7)8)37-14-12-28-20-39-28/h15-18,21-24,27-28H,11-14,19-20H2,1-10H3. The summed E-state index contributed by atoms with van der Waals surface area (Å²) in [4.78, 5) is 0. The van der Waals surface area contributed by atoms with E-state index in [0.717, 1.165) is 37.6 Å². The van der Waals surface area contributed by atoms with Gasteiger partial charge >= 0.3 is 0 Å². The SMILES string of the molecule is CC(C)c1cc(C(C)(C)c2cc(C(C)C)c(OCCC3CO3)c(C(C)C)c2)cc(C(C)C)c1OCCC1CO1. The van der Waals surface area contributed by atoms with Crippen LogP contribution in [0.4, 0.5) is 0 Å². The first-order valence-corrected chi connectivity index (χ1v) is 15.3. The highest BCUT2D eigenvalue weighted by Crippen LogP contribution is 2.44. The van der Waals surface area contributed by atoms with Crippen LogP contribution in [0, 0.1) is 0 Å². The van der Waals surface area contributed by atoms with Crippen LogP contribution < -0.4 is 9.47 Å². The van der Waals surface area contributed by atoms with Crippen molar-refractivity contribution in [1.82, 2.24) is 0 Å². The number of hydrogen-bond acceptors (Lipinski definition) is 4. The highest BCUT2D eigenvalue weighted by atomic mass is 16.6. The Hall–Kier alpha value is -2.04. The van der Waals surface area contributed by atoms with E-state index in [2.05, 4.69) is 93.5 Å². The van der Waals surface area contributed by atoms with Gasteiger partial charge in [-0.3, -0.25) is 0 Å². The van der Waals surface area contributed by atoms with Gasteiger partial charge in [0.2, 0.25) is 0 Å². The minimum Gasteiger partial charge on any atom is -0.493 e. The van der Waals surface area contributed by atoms with Crippen LogP contribution in [0.1, 0.15) is 139 Å². The second kappa shape index (κ2) is 12.2. The first kappa shape index (κ1) is 29.9. The lowest BCUT2D eigenvalue weighted by Crippen LogP contribution is -2.22. The summed E-state index contributed by atoms with van der Waals surface area (Å²) >= 11 is 0. The smallest absolute Gasteiger partial charge is 0.126 e. The molecule has 2 heterocycles. The average Bonchev–Trinajstić information content (AvgIpc) is 3.79. The van der Waals surface area contributed by atoms with Gasteiger partial charge in [-0.25, -0.2) is 0 Å². The second-order valence-corrected chi connectivity index (χ2v) is 13.4. The van der Waals surface area contributed by atoms with Gasteiger partial charge in [0.25, 0.3) is 0 Å². The molecule has 39 heavy (non-hydrogen) atoms. The number of rotatable bonds is 14. The Balaban J connectivity index is 1.75. The molecule has 0 aliphatic carbocycles. The van der Waals surface area contributed by atoms with E-state index in [4.69, 9.17) is 18.9 Å². The van der Waals surface area contributed by atoms with E-state index in [1.54, 1.807) is 0 Å². The molecule has 0 radical (unpaired) electrons. The minimum absolute atomic E-state index is 0.179. The van der Waals surface area contributed by atoms with Crippen molar-refractivity contribution in [2.24, 2.45) is 0 Å². The Kier molecular flexibility index (Phi) is 9.38. The van der Waals surface area contributed by atoms with Crippen LogP contribution in [-0.2, 0) is 14.9 Å². The van der Waals surface area contributed by atoms with Gasteiger partial charge in [-0.2, -0.15) is 0 Å². The van der Waals surface area contributed by atoms with E-state index < -0.39 is 0 Å². The van der Waals surface area contributed by atoms with E-state index in [1.807, 2.05) is 0 Å². The van der Waals surface area contributed by atoms with Crippen molar-refractivity contribution in [2.75, 3.05) is 26.4 Å². The fourth-order valence-electron chi connectivity index (χ4n) is 5.34. The molecule has 216 valence electrons. The number of benzene rings is 2.